The molecule has 166 valence electrons. The Bertz CT molecular complexity index is 972. The van der Waals surface area contributed by atoms with Crippen LogP contribution in [0.15, 0.2) is 54.6 Å². The summed E-state index contributed by atoms with van der Waals surface area (Å²) >= 11 is 0. The normalized spacial score (nSPS) is 12.5. The van der Waals surface area contributed by atoms with Gasteiger partial charge in [0.1, 0.15) is 0 Å². The fourth-order valence-corrected chi connectivity index (χ4v) is 3.57. The maximum absolute atomic E-state index is 14.4. The highest BCUT2D eigenvalue weighted by molar-refractivity contribution is 5.43. The fraction of sp³-hybridized carbons (Fsp3) is 0.400. The third kappa shape index (κ3) is 5.93. The summed E-state index contributed by atoms with van der Waals surface area (Å²) < 4.78 is 22.2. The number of benzene rings is 2. The molecule has 5 nitrogen and oxygen atoms in total. The second kappa shape index (κ2) is 10.6. The van der Waals surface area contributed by atoms with E-state index in [0.717, 1.165) is 23.5 Å². The highest BCUT2D eigenvalue weighted by Crippen LogP contribution is 2.33. The first-order valence-corrected chi connectivity index (χ1v) is 10.9. The summed E-state index contributed by atoms with van der Waals surface area (Å²) in [6.45, 7) is 10.2. The van der Waals surface area contributed by atoms with Crippen LogP contribution in [0.5, 0.6) is 11.6 Å². The highest BCUT2D eigenvalue weighted by atomic mass is 19.1. The van der Waals surface area contributed by atoms with E-state index in [1.54, 1.807) is 22.9 Å². The molecular formula is C25H32FN3O2. The Morgan fingerprint density at radius 2 is 1.74 bits per heavy atom. The van der Waals surface area contributed by atoms with Gasteiger partial charge >= 0.3 is 0 Å². The molecule has 0 aliphatic rings. The van der Waals surface area contributed by atoms with Gasteiger partial charge < -0.3 is 9.84 Å². The number of ether oxygens (including phenoxy) is 1. The van der Waals surface area contributed by atoms with Crippen LogP contribution in [-0.4, -0.2) is 39.0 Å². The number of para-hydroxylation sites is 2. The summed E-state index contributed by atoms with van der Waals surface area (Å²) in [5.74, 6) is 0.662. The molecule has 1 aromatic heterocycles. The number of rotatable bonds is 10. The SMILES string of the molecule is CCC(O)CN(Cc1c(C)nn(-c2ccccc2)c1Oc1ccccc1F)CC(C)C. The van der Waals surface area contributed by atoms with Crippen molar-refractivity contribution in [3.63, 3.8) is 0 Å². The third-order valence-corrected chi connectivity index (χ3v) is 5.13. The minimum absolute atomic E-state index is 0.157. The van der Waals surface area contributed by atoms with Gasteiger partial charge in [-0.3, -0.25) is 4.90 Å². The smallest absolute Gasteiger partial charge is 0.227 e. The molecule has 1 heterocycles. The monoisotopic (exact) mass is 425 g/mol. The van der Waals surface area contributed by atoms with E-state index in [-0.39, 0.29) is 5.75 Å². The molecule has 6 heteroatoms. The number of hydrogen-bond donors (Lipinski definition) is 1. The fourth-order valence-electron chi connectivity index (χ4n) is 3.57. The summed E-state index contributed by atoms with van der Waals surface area (Å²) in [5, 5.41) is 15.0. The van der Waals surface area contributed by atoms with Crippen LogP contribution in [0.1, 0.15) is 38.4 Å². The highest BCUT2D eigenvalue weighted by Gasteiger charge is 2.23. The van der Waals surface area contributed by atoms with E-state index in [2.05, 4.69) is 18.7 Å². The summed E-state index contributed by atoms with van der Waals surface area (Å²) in [6.07, 6.45) is 0.286. The van der Waals surface area contributed by atoms with Gasteiger partial charge in [-0.2, -0.15) is 5.10 Å². The van der Waals surface area contributed by atoms with Gasteiger partial charge in [-0.1, -0.05) is 51.1 Å². The van der Waals surface area contributed by atoms with E-state index < -0.39 is 11.9 Å². The molecule has 0 fully saturated rings. The van der Waals surface area contributed by atoms with Gasteiger partial charge in [-0.15, -0.1) is 0 Å². The first kappa shape index (κ1) is 23.0. The second-order valence-corrected chi connectivity index (χ2v) is 8.30. The van der Waals surface area contributed by atoms with Crippen LogP contribution < -0.4 is 4.74 Å². The molecule has 3 aromatic rings. The number of aliphatic hydroxyl groups is 1. The van der Waals surface area contributed by atoms with Gasteiger partial charge in [0.25, 0.3) is 0 Å². The molecular weight excluding hydrogens is 393 g/mol. The molecule has 0 saturated heterocycles. The maximum atomic E-state index is 14.4. The van der Waals surface area contributed by atoms with Crippen molar-refractivity contribution in [2.75, 3.05) is 13.1 Å². The van der Waals surface area contributed by atoms with E-state index in [0.29, 0.717) is 31.3 Å². The molecule has 0 spiro atoms. The third-order valence-electron chi connectivity index (χ3n) is 5.13. The van der Waals surface area contributed by atoms with E-state index in [1.807, 2.05) is 44.2 Å². The van der Waals surface area contributed by atoms with Gasteiger partial charge in [0.2, 0.25) is 5.88 Å². The molecule has 3 rings (SSSR count). The lowest BCUT2D eigenvalue weighted by molar-refractivity contribution is 0.0980. The van der Waals surface area contributed by atoms with Crippen LogP contribution in [0.25, 0.3) is 5.69 Å². The number of aliphatic hydroxyl groups excluding tert-OH is 1. The molecule has 1 atom stereocenters. The van der Waals surface area contributed by atoms with Crippen molar-refractivity contribution < 1.29 is 14.2 Å². The van der Waals surface area contributed by atoms with Crippen molar-refractivity contribution >= 4 is 0 Å². The molecule has 31 heavy (non-hydrogen) atoms. The second-order valence-electron chi connectivity index (χ2n) is 8.30. The molecule has 0 bridgehead atoms. The van der Waals surface area contributed by atoms with E-state index >= 15 is 0 Å². The number of aromatic nitrogens is 2. The Morgan fingerprint density at radius 1 is 1.06 bits per heavy atom. The first-order valence-electron chi connectivity index (χ1n) is 10.9. The lowest BCUT2D eigenvalue weighted by Gasteiger charge is -2.26. The number of halogens is 1. The van der Waals surface area contributed by atoms with Gasteiger partial charge in [0.15, 0.2) is 11.6 Å². The van der Waals surface area contributed by atoms with Crippen molar-refractivity contribution in [2.24, 2.45) is 5.92 Å². The van der Waals surface area contributed by atoms with Crippen molar-refractivity contribution in [1.82, 2.24) is 14.7 Å². The molecule has 0 radical (unpaired) electrons. The Hall–Kier alpha value is -2.70. The molecule has 0 aliphatic carbocycles. The van der Waals surface area contributed by atoms with Gasteiger partial charge in [-0.25, -0.2) is 9.07 Å². The average molecular weight is 426 g/mol. The first-order chi connectivity index (χ1) is 14.9. The lowest BCUT2D eigenvalue weighted by Crippen LogP contribution is -2.34. The van der Waals surface area contributed by atoms with Crippen molar-refractivity contribution in [3.8, 4) is 17.3 Å². The lowest BCUT2D eigenvalue weighted by atomic mass is 10.1. The van der Waals surface area contributed by atoms with Gasteiger partial charge in [0, 0.05) is 19.6 Å². The summed E-state index contributed by atoms with van der Waals surface area (Å²) in [6, 6.07) is 16.1. The largest absolute Gasteiger partial charge is 0.435 e. The topological polar surface area (TPSA) is 50.5 Å². The summed E-state index contributed by atoms with van der Waals surface area (Å²) in [4.78, 5) is 2.21. The zero-order valence-electron chi connectivity index (χ0n) is 18.8. The Kier molecular flexibility index (Phi) is 7.82. The van der Waals surface area contributed by atoms with E-state index in [1.165, 1.54) is 6.07 Å². The standard InChI is InChI=1S/C25H32FN3O2/c1-5-21(30)16-28(15-18(2)3)17-22-19(4)27-29(20-11-7-6-8-12-20)25(22)31-24-14-10-9-13-23(24)26/h6-14,18,21,30H,5,15-17H2,1-4H3. The van der Waals surface area contributed by atoms with Gasteiger partial charge in [-0.05, 0) is 43.5 Å². The Morgan fingerprint density at radius 3 is 2.39 bits per heavy atom. The van der Waals surface area contributed by atoms with Crippen LogP contribution in [0.4, 0.5) is 4.39 Å². The van der Waals surface area contributed by atoms with Crippen LogP contribution in [0.2, 0.25) is 0 Å². The van der Waals surface area contributed by atoms with Gasteiger partial charge in [0.05, 0.1) is 23.0 Å². The van der Waals surface area contributed by atoms with E-state index in [9.17, 15) is 9.50 Å². The van der Waals surface area contributed by atoms with Crippen LogP contribution >= 0.6 is 0 Å². The number of aryl methyl sites for hydroxylation is 1. The maximum Gasteiger partial charge on any atom is 0.227 e. The average Bonchev–Trinajstić information content (AvgIpc) is 3.05. The minimum atomic E-state index is -0.424. The van der Waals surface area contributed by atoms with Crippen molar-refractivity contribution in [1.29, 1.82) is 0 Å². The minimum Gasteiger partial charge on any atom is -0.435 e. The molecule has 1 unspecified atom stereocenters. The van der Waals surface area contributed by atoms with E-state index in [4.69, 9.17) is 9.84 Å². The van der Waals surface area contributed by atoms with Crippen molar-refractivity contribution in [2.45, 2.75) is 46.8 Å². The predicted molar refractivity (Wildman–Crippen MR) is 121 cm³/mol. The molecule has 1 N–H and O–H groups in total. The summed E-state index contributed by atoms with van der Waals surface area (Å²) in [5.41, 5.74) is 2.54. The quantitative estimate of drug-likeness (QED) is 0.476. The molecule has 2 aromatic carbocycles. The van der Waals surface area contributed by atoms with Crippen molar-refractivity contribution in [3.05, 3.63) is 71.7 Å². The van der Waals surface area contributed by atoms with Crippen LogP contribution in [0.3, 0.4) is 0 Å². The summed E-state index contributed by atoms with van der Waals surface area (Å²) in [7, 11) is 0. The Balaban J connectivity index is 2.03. The van der Waals surface area contributed by atoms with Crippen LogP contribution in [-0.2, 0) is 6.54 Å². The molecule has 0 aliphatic heterocycles. The number of nitrogens with zero attached hydrogens (tertiary/aromatic N) is 3. The molecule has 0 saturated carbocycles. The van der Waals surface area contributed by atoms with Crippen LogP contribution in [0, 0.1) is 18.7 Å². The Labute approximate surface area is 184 Å². The number of hydrogen-bond acceptors (Lipinski definition) is 4. The zero-order valence-corrected chi connectivity index (χ0v) is 18.8. The predicted octanol–water partition coefficient (Wildman–Crippen LogP) is 5.34. The zero-order chi connectivity index (χ0) is 22.4. The molecule has 0 amide bonds.